The second kappa shape index (κ2) is 8.37. The highest BCUT2D eigenvalue weighted by molar-refractivity contribution is 5.93. The van der Waals surface area contributed by atoms with Crippen LogP contribution in [0.5, 0.6) is 5.75 Å². The number of ether oxygens (including phenoxy) is 1. The summed E-state index contributed by atoms with van der Waals surface area (Å²) in [6.07, 6.45) is 7.18. The van der Waals surface area contributed by atoms with E-state index in [-0.39, 0.29) is 17.7 Å². The molecular weight excluding hydrogens is 316 g/mol. The Labute approximate surface area is 149 Å². The average Bonchev–Trinajstić information content (AvgIpc) is 2.68. The minimum absolute atomic E-state index is 0.0263. The van der Waals surface area contributed by atoms with E-state index in [1.165, 1.54) is 19.3 Å². The molecule has 1 saturated heterocycles. The van der Waals surface area contributed by atoms with Crippen LogP contribution in [0.25, 0.3) is 0 Å². The lowest BCUT2D eigenvalue weighted by Crippen LogP contribution is -2.44. The summed E-state index contributed by atoms with van der Waals surface area (Å²) in [5.41, 5.74) is 0.755. The van der Waals surface area contributed by atoms with Crippen LogP contribution in [-0.4, -0.2) is 36.9 Å². The Morgan fingerprint density at radius 1 is 1.04 bits per heavy atom. The maximum absolute atomic E-state index is 12.6. The molecule has 0 spiro atoms. The maximum Gasteiger partial charge on any atom is 0.227 e. The molecule has 5 heteroatoms. The Balaban J connectivity index is 1.49. The van der Waals surface area contributed by atoms with E-state index in [0.29, 0.717) is 19.0 Å². The molecule has 1 N–H and O–H groups in total. The SMILES string of the molecule is COc1cccc(NC(=O)C2CCN(C(=O)C3CCCCC3)CC2)c1. The Kier molecular flexibility index (Phi) is 5.95. The van der Waals surface area contributed by atoms with Gasteiger partial charge in [-0.3, -0.25) is 9.59 Å². The highest BCUT2D eigenvalue weighted by atomic mass is 16.5. The number of amides is 2. The molecule has 25 heavy (non-hydrogen) atoms. The first-order valence-electron chi connectivity index (χ1n) is 9.41. The first-order chi connectivity index (χ1) is 12.2. The molecule has 0 unspecified atom stereocenters. The number of hydrogen-bond donors (Lipinski definition) is 1. The van der Waals surface area contributed by atoms with Gasteiger partial charge in [0.15, 0.2) is 0 Å². The van der Waals surface area contributed by atoms with Crippen LogP contribution >= 0.6 is 0 Å². The van der Waals surface area contributed by atoms with E-state index in [1.54, 1.807) is 7.11 Å². The van der Waals surface area contributed by atoms with Crippen LogP contribution < -0.4 is 10.1 Å². The van der Waals surface area contributed by atoms with Crippen molar-refractivity contribution >= 4 is 17.5 Å². The van der Waals surface area contributed by atoms with Gasteiger partial charge in [0, 0.05) is 36.7 Å². The summed E-state index contributed by atoms with van der Waals surface area (Å²) in [6.45, 7) is 1.40. The molecule has 0 aromatic heterocycles. The Bertz CT molecular complexity index is 603. The molecule has 1 aromatic carbocycles. The summed E-state index contributed by atoms with van der Waals surface area (Å²) < 4.78 is 5.18. The van der Waals surface area contributed by atoms with Crippen LogP contribution in [0.3, 0.4) is 0 Å². The number of hydrogen-bond acceptors (Lipinski definition) is 3. The minimum Gasteiger partial charge on any atom is -0.497 e. The molecule has 136 valence electrons. The van der Waals surface area contributed by atoms with E-state index in [4.69, 9.17) is 4.74 Å². The van der Waals surface area contributed by atoms with Crippen LogP contribution in [0.4, 0.5) is 5.69 Å². The first kappa shape index (κ1) is 17.8. The molecule has 5 nitrogen and oxygen atoms in total. The van der Waals surface area contributed by atoms with E-state index in [1.807, 2.05) is 29.2 Å². The maximum atomic E-state index is 12.6. The second-order valence-corrected chi connectivity index (χ2v) is 7.16. The van der Waals surface area contributed by atoms with Gasteiger partial charge >= 0.3 is 0 Å². The van der Waals surface area contributed by atoms with Gasteiger partial charge in [-0.2, -0.15) is 0 Å². The first-order valence-corrected chi connectivity index (χ1v) is 9.41. The summed E-state index contributed by atoms with van der Waals surface area (Å²) in [6, 6.07) is 7.40. The number of carbonyl (C=O) groups is 2. The van der Waals surface area contributed by atoms with Crippen molar-refractivity contribution in [2.24, 2.45) is 11.8 Å². The fraction of sp³-hybridized carbons (Fsp3) is 0.600. The summed E-state index contributed by atoms with van der Waals surface area (Å²) >= 11 is 0. The quantitative estimate of drug-likeness (QED) is 0.910. The van der Waals surface area contributed by atoms with Crippen molar-refractivity contribution in [3.8, 4) is 5.75 Å². The molecule has 2 aliphatic rings. The zero-order valence-corrected chi connectivity index (χ0v) is 15.0. The molecule has 1 heterocycles. The number of nitrogens with one attached hydrogen (secondary N) is 1. The molecule has 0 atom stereocenters. The van der Waals surface area contributed by atoms with Gasteiger partial charge in [-0.1, -0.05) is 25.3 Å². The summed E-state index contributed by atoms with van der Waals surface area (Å²) in [7, 11) is 1.61. The topological polar surface area (TPSA) is 58.6 Å². The Morgan fingerprint density at radius 2 is 1.76 bits per heavy atom. The van der Waals surface area contributed by atoms with Gasteiger partial charge in [-0.25, -0.2) is 0 Å². The van der Waals surface area contributed by atoms with Gasteiger partial charge in [0.05, 0.1) is 7.11 Å². The lowest BCUT2D eigenvalue weighted by molar-refractivity contribution is -0.139. The molecule has 1 saturated carbocycles. The molecule has 0 bridgehead atoms. The molecule has 0 radical (unpaired) electrons. The average molecular weight is 344 g/mol. The van der Waals surface area contributed by atoms with E-state index < -0.39 is 0 Å². The molecule has 1 aromatic rings. The summed E-state index contributed by atoms with van der Waals surface area (Å²) in [5, 5.41) is 2.97. The van der Waals surface area contributed by atoms with E-state index in [2.05, 4.69) is 5.32 Å². The van der Waals surface area contributed by atoms with Crippen molar-refractivity contribution < 1.29 is 14.3 Å². The zero-order chi connectivity index (χ0) is 17.6. The zero-order valence-electron chi connectivity index (χ0n) is 15.0. The van der Waals surface area contributed by atoms with Crippen molar-refractivity contribution in [3.05, 3.63) is 24.3 Å². The number of nitrogens with zero attached hydrogens (tertiary/aromatic N) is 1. The summed E-state index contributed by atoms with van der Waals surface area (Å²) in [5.74, 6) is 1.27. The molecule has 2 fully saturated rings. The van der Waals surface area contributed by atoms with Gasteiger partial charge in [-0.15, -0.1) is 0 Å². The lowest BCUT2D eigenvalue weighted by Gasteiger charge is -2.34. The van der Waals surface area contributed by atoms with Crippen molar-refractivity contribution in [2.75, 3.05) is 25.5 Å². The number of benzene rings is 1. The highest BCUT2D eigenvalue weighted by Gasteiger charge is 2.31. The number of piperidine rings is 1. The standard InChI is InChI=1S/C20H28N2O3/c1-25-18-9-5-8-17(14-18)21-19(23)15-10-12-22(13-11-15)20(24)16-6-3-2-4-7-16/h5,8-9,14-16H,2-4,6-7,10-13H2,1H3,(H,21,23). The number of methoxy groups -OCH3 is 1. The molecular formula is C20H28N2O3. The fourth-order valence-electron chi connectivity index (χ4n) is 3.91. The van der Waals surface area contributed by atoms with Crippen molar-refractivity contribution in [1.82, 2.24) is 4.90 Å². The Morgan fingerprint density at radius 3 is 2.44 bits per heavy atom. The van der Waals surface area contributed by atoms with Crippen molar-refractivity contribution in [3.63, 3.8) is 0 Å². The highest BCUT2D eigenvalue weighted by Crippen LogP contribution is 2.28. The minimum atomic E-state index is -0.0263. The molecule has 2 amide bonds. The van der Waals surface area contributed by atoms with Crippen LogP contribution in [0, 0.1) is 11.8 Å². The third kappa shape index (κ3) is 4.53. The third-order valence-electron chi connectivity index (χ3n) is 5.47. The van der Waals surface area contributed by atoms with Gasteiger partial charge < -0.3 is 15.0 Å². The van der Waals surface area contributed by atoms with Crippen LogP contribution in [0.2, 0.25) is 0 Å². The third-order valence-corrected chi connectivity index (χ3v) is 5.47. The number of anilines is 1. The predicted molar refractivity (Wildman–Crippen MR) is 97.5 cm³/mol. The molecule has 1 aliphatic heterocycles. The molecule has 3 rings (SSSR count). The molecule has 1 aliphatic carbocycles. The van der Waals surface area contributed by atoms with Crippen molar-refractivity contribution in [2.45, 2.75) is 44.9 Å². The van der Waals surface area contributed by atoms with Crippen LogP contribution in [0.1, 0.15) is 44.9 Å². The normalized spacial score (nSPS) is 19.5. The van der Waals surface area contributed by atoms with Gasteiger partial charge in [0.25, 0.3) is 0 Å². The smallest absolute Gasteiger partial charge is 0.227 e. The summed E-state index contributed by atoms with van der Waals surface area (Å²) in [4.78, 5) is 27.1. The van der Waals surface area contributed by atoms with Gasteiger partial charge in [0.1, 0.15) is 5.75 Å². The van der Waals surface area contributed by atoms with Crippen LogP contribution in [0.15, 0.2) is 24.3 Å². The number of rotatable bonds is 4. The van der Waals surface area contributed by atoms with Gasteiger partial charge in [0.2, 0.25) is 11.8 Å². The Hall–Kier alpha value is -2.04. The van der Waals surface area contributed by atoms with E-state index in [0.717, 1.165) is 37.1 Å². The largest absolute Gasteiger partial charge is 0.497 e. The number of carbonyl (C=O) groups excluding carboxylic acids is 2. The predicted octanol–water partition coefficient (Wildman–Crippen LogP) is 3.45. The monoisotopic (exact) mass is 344 g/mol. The second-order valence-electron chi connectivity index (χ2n) is 7.16. The van der Waals surface area contributed by atoms with Crippen LogP contribution in [-0.2, 0) is 9.59 Å². The fourth-order valence-corrected chi connectivity index (χ4v) is 3.91. The lowest BCUT2D eigenvalue weighted by atomic mass is 9.87. The van der Waals surface area contributed by atoms with Crippen molar-refractivity contribution in [1.29, 1.82) is 0 Å². The number of likely N-dealkylation sites (tertiary alicyclic amines) is 1. The van der Waals surface area contributed by atoms with Gasteiger partial charge in [-0.05, 0) is 37.8 Å². The van der Waals surface area contributed by atoms with E-state index in [9.17, 15) is 9.59 Å². The van der Waals surface area contributed by atoms with E-state index >= 15 is 0 Å².